The third-order valence-electron chi connectivity index (χ3n) is 3.72. The molecule has 0 saturated carbocycles. The van der Waals surface area contributed by atoms with E-state index in [1.54, 1.807) is 0 Å². The van der Waals surface area contributed by atoms with Gasteiger partial charge in [-0.1, -0.05) is 0 Å². The minimum atomic E-state index is -1.13. The molecule has 20 heavy (non-hydrogen) atoms. The zero-order valence-corrected chi connectivity index (χ0v) is 10.8. The molecule has 3 N–H and O–H groups in total. The molecular formula is C13H16N2O5. The lowest BCUT2D eigenvalue weighted by atomic mass is 9.96. The molecule has 3 unspecified atom stereocenters. The molecule has 0 radical (unpaired) electrons. The summed E-state index contributed by atoms with van der Waals surface area (Å²) in [5, 5.41) is 14.2. The Hall–Kier alpha value is -2.02. The number of carboxylic acids is 1. The number of hydrogen-bond acceptors (Lipinski definition) is 4. The number of aromatic carboxylic acids is 1. The Balaban J connectivity index is 1.46. The number of rotatable bonds is 4. The lowest BCUT2D eigenvalue weighted by Gasteiger charge is -2.20. The summed E-state index contributed by atoms with van der Waals surface area (Å²) in [6, 6.07) is 2.67. The molecule has 7 heteroatoms. The Morgan fingerprint density at radius 3 is 2.80 bits per heavy atom. The normalized spacial score (nSPS) is 27.5. The van der Waals surface area contributed by atoms with Crippen molar-refractivity contribution in [1.82, 2.24) is 10.6 Å². The Labute approximate surface area is 115 Å². The maximum atomic E-state index is 11.8. The number of carbonyl (C=O) groups excluding carboxylic acids is 1. The van der Waals surface area contributed by atoms with Crippen LogP contribution in [0.25, 0.3) is 0 Å². The number of urea groups is 1. The average molecular weight is 280 g/mol. The summed E-state index contributed by atoms with van der Waals surface area (Å²) in [6.07, 6.45) is 3.36. The first-order chi connectivity index (χ1) is 9.61. The van der Waals surface area contributed by atoms with Crippen molar-refractivity contribution >= 4 is 12.0 Å². The summed E-state index contributed by atoms with van der Waals surface area (Å²) in [6.45, 7) is 0.154. The van der Waals surface area contributed by atoms with Gasteiger partial charge in [0, 0.05) is 0 Å². The number of fused-ring (bicyclic) bond motifs is 2. The lowest BCUT2D eigenvalue weighted by molar-refractivity contribution is 0.0660. The second-order valence-corrected chi connectivity index (χ2v) is 5.11. The highest BCUT2D eigenvalue weighted by Crippen LogP contribution is 2.34. The summed E-state index contributed by atoms with van der Waals surface area (Å²) >= 11 is 0. The van der Waals surface area contributed by atoms with Crippen molar-refractivity contribution < 1.29 is 23.8 Å². The predicted molar refractivity (Wildman–Crippen MR) is 67.3 cm³/mol. The van der Waals surface area contributed by atoms with Gasteiger partial charge in [0.1, 0.15) is 5.76 Å². The average Bonchev–Trinajstić information content (AvgIpc) is 3.12. The smallest absolute Gasteiger partial charge is 0.371 e. The summed E-state index contributed by atoms with van der Waals surface area (Å²) < 4.78 is 10.7. The fourth-order valence-electron chi connectivity index (χ4n) is 2.76. The quantitative estimate of drug-likeness (QED) is 0.766. The number of carbonyl (C=O) groups is 2. The van der Waals surface area contributed by atoms with Crippen LogP contribution in [0.2, 0.25) is 0 Å². The molecule has 2 saturated heterocycles. The summed E-state index contributed by atoms with van der Waals surface area (Å²) in [5.41, 5.74) is 0. The van der Waals surface area contributed by atoms with Crippen LogP contribution in [0.15, 0.2) is 16.5 Å². The van der Waals surface area contributed by atoms with Gasteiger partial charge in [-0.05, 0) is 31.4 Å². The van der Waals surface area contributed by atoms with Gasteiger partial charge in [0.25, 0.3) is 0 Å². The van der Waals surface area contributed by atoms with Crippen molar-refractivity contribution in [2.24, 2.45) is 0 Å². The number of amides is 2. The fourth-order valence-corrected chi connectivity index (χ4v) is 2.76. The molecule has 1 aromatic heterocycles. The van der Waals surface area contributed by atoms with E-state index in [1.807, 2.05) is 0 Å². The molecule has 3 heterocycles. The zero-order valence-electron chi connectivity index (χ0n) is 10.8. The van der Waals surface area contributed by atoms with Crippen LogP contribution in [0.5, 0.6) is 0 Å². The molecular weight excluding hydrogens is 264 g/mol. The SMILES string of the molecule is O=C(NCc1ccc(C(=O)O)o1)NC1CC2CCC1O2. The number of carboxylic acid groups (broad SMARTS) is 1. The van der Waals surface area contributed by atoms with Gasteiger partial charge in [-0.25, -0.2) is 9.59 Å². The maximum absolute atomic E-state index is 11.8. The minimum Gasteiger partial charge on any atom is -0.475 e. The molecule has 0 aromatic carbocycles. The van der Waals surface area contributed by atoms with Gasteiger partial charge in [0.15, 0.2) is 0 Å². The van der Waals surface area contributed by atoms with Gasteiger partial charge in [-0.3, -0.25) is 0 Å². The molecule has 108 valence electrons. The van der Waals surface area contributed by atoms with Crippen molar-refractivity contribution in [3.05, 3.63) is 23.7 Å². The van der Waals surface area contributed by atoms with E-state index in [-0.39, 0.29) is 36.6 Å². The van der Waals surface area contributed by atoms with Crippen LogP contribution >= 0.6 is 0 Å². The Bertz CT molecular complexity index is 527. The third-order valence-corrected chi connectivity index (χ3v) is 3.72. The fraction of sp³-hybridized carbons (Fsp3) is 0.538. The highest BCUT2D eigenvalue weighted by molar-refractivity contribution is 5.84. The van der Waals surface area contributed by atoms with E-state index >= 15 is 0 Å². The molecule has 1 aromatic rings. The molecule has 3 atom stereocenters. The van der Waals surface area contributed by atoms with Crippen LogP contribution in [0.1, 0.15) is 35.6 Å². The largest absolute Gasteiger partial charge is 0.475 e. The first kappa shape index (κ1) is 13.0. The van der Waals surface area contributed by atoms with E-state index in [2.05, 4.69) is 10.6 Å². The third kappa shape index (κ3) is 2.62. The number of hydrogen-bond donors (Lipinski definition) is 3. The molecule has 2 bridgehead atoms. The molecule has 0 spiro atoms. The topological polar surface area (TPSA) is 101 Å². The maximum Gasteiger partial charge on any atom is 0.371 e. The van der Waals surface area contributed by atoms with Crippen molar-refractivity contribution in [1.29, 1.82) is 0 Å². The molecule has 2 amide bonds. The van der Waals surface area contributed by atoms with Gasteiger partial charge in [-0.2, -0.15) is 0 Å². The predicted octanol–water partition coefficient (Wildman–Crippen LogP) is 1.10. The van der Waals surface area contributed by atoms with E-state index in [1.165, 1.54) is 12.1 Å². The van der Waals surface area contributed by atoms with Crippen LogP contribution < -0.4 is 10.6 Å². The van der Waals surface area contributed by atoms with Crippen LogP contribution in [0.4, 0.5) is 4.79 Å². The summed E-state index contributed by atoms with van der Waals surface area (Å²) in [7, 11) is 0. The number of nitrogens with one attached hydrogen (secondary N) is 2. The molecule has 7 nitrogen and oxygen atoms in total. The van der Waals surface area contributed by atoms with E-state index in [9.17, 15) is 9.59 Å². The van der Waals surface area contributed by atoms with Gasteiger partial charge in [0.05, 0.1) is 24.8 Å². The van der Waals surface area contributed by atoms with E-state index < -0.39 is 5.97 Å². The van der Waals surface area contributed by atoms with E-state index in [0.717, 1.165) is 19.3 Å². The monoisotopic (exact) mass is 280 g/mol. The standard InChI is InChI=1S/C13H16N2O5/c16-12(17)11-4-2-8(20-11)6-14-13(18)15-9-5-7-1-3-10(9)19-7/h2,4,7,9-10H,1,3,5-6H2,(H,16,17)(H2,14,15,18). The van der Waals surface area contributed by atoms with Crippen molar-refractivity contribution in [3.8, 4) is 0 Å². The lowest BCUT2D eigenvalue weighted by Crippen LogP contribution is -2.46. The second-order valence-electron chi connectivity index (χ2n) is 5.11. The Morgan fingerprint density at radius 2 is 2.20 bits per heavy atom. The highest BCUT2D eigenvalue weighted by Gasteiger charge is 2.41. The molecule has 0 aliphatic carbocycles. The van der Waals surface area contributed by atoms with Crippen molar-refractivity contribution in [2.75, 3.05) is 0 Å². The Morgan fingerprint density at radius 1 is 1.35 bits per heavy atom. The highest BCUT2D eigenvalue weighted by atomic mass is 16.5. The first-order valence-corrected chi connectivity index (χ1v) is 6.63. The van der Waals surface area contributed by atoms with Gasteiger partial charge >= 0.3 is 12.0 Å². The summed E-state index contributed by atoms with van der Waals surface area (Å²) in [4.78, 5) is 22.4. The van der Waals surface area contributed by atoms with Gasteiger partial charge < -0.3 is 24.9 Å². The van der Waals surface area contributed by atoms with Gasteiger partial charge in [-0.15, -0.1) is 0 Å². The van der Waals surface area contributed by atoms with Gasteiger partial charge in [0.2, 0.25) is 5.76 Å². The second kappa shape index (κ2) is 5.16. The van der Waals surface area contributed by atoms with Crippen molar-refractivity contribution in [2.45, 2.75) is 44.1 Å². The minimum absolute atomic E-state index is 0.0694. The zero-order chi connectivity index (χ0) is 14.1. The van der Waals surface area contributed by atoms with E-state index in [0.29, 0.717) is 5.76 Å². The summed E-state index contributed by atoms with van der Waals surface area (Å²) in [5.74, 6) is -0.856. The van der Waals surface area contributed by atoms with Crippen LogP contribution in [-0.2, 0) is 11.3 Å². The first-order valence-electron chi connectivity index (χ1n) is 6.63. The van der Waals surface area contributed by atoms with E-state index in [4.69, 9.17) is 14.3 Å². The van der Waals surface area contributed by atoms with Crippen LogP contribution in [0, 0.1) is 0 Å². The van der Waals surface area contributed by atoms with Crippen molar-refractivity contribution in [3.63, 3.8) is 0 Å². The van der Waals surface area contributed by atoms with Crippen LogP contribution in [-0.4, -0.2) is 35.4 Å². The van der Waals surface area contributed by atoms with Crippen LogP contribution in [0.3, 0.4) is 0 Å². The Kier molecular flexibility index (Phi) is 3.35. The molecule has 2 aliphatic heterocycles. The molecule has 2 aliphatic rings. The molecule has 2 fully saturated rings. The number of furan rings is 1. The molecule has 3 rings (SSSR count). The number of ether oxygens (including phenoxy) is 1.